The predicted octanol–water partition coefficient (Wildman–Crippen LogP) is 0.553. The minimum absolute atomic E-state index is 0.382. The first-order valence-electron chi connectivity index (χ1n) is 2.71. The fourth-order valence-corrected chi connectivity index (χ4v) is 0.679. The first-order valence-corrected chi connectivity index (χ1v) is 2.71. The van der Waals surface area contributed by atoms with Gasteiger partial charge in [0, 0.05) is 18.8 Å². The number of nitrogens with one attached hydrogen (secondary N) is 2. The first kappa shape index (κ1) is 5.22. The molecule has 0 bridgehead atoms. The third kappa shape index (κ3) is 1.03. The van der Waals surface area contributed by atoms with Crippen LogP contribution < -0.4 is 10.6 Å². The lowest BCUT2D eigenvalue weighted by molar-refractivity contribution is 0.579. The first-order chi connectivity index (χ1) is 3.93. The molecular formula is C6H10N2. The fraction of sp³-hybridized carbons (Fsp3) is 0.333. The monoisotopic (exact) mass is 110 g/mol. The Labute approximate surface area is 49.3 Å². The Balaban J connectivity index is 2.19. The summed E-state index contributed by atoms with van der Waals surface area (Å²) in [6, 6.07) is 0. The van der Waals surface area contributed by atoms with Gasteiger partial charge in [0.2, 0.25) is 0 Å². The van der Waals surface area contributed by atoms with Crippen LogP contribution in [0.4, 0.5) is 0 Å². The molecule has 8 heavy (non-hydrogen) atoms. The Morgan fingerprint density at radius 2 is 2.12 bits per heavy atom. The van der Waals surface area contributed by atoms with E-state index in [0.717, 1.165) is 6.42 Å². The molecular weight excluding hydrogens is 100 g/mol. The summed E-state index contributed by atoms with van der Waals surface area (Å²) in [5.41, 5.74) is 0. The van der Waals surface area contributed by atoms with Crippen molar-refractivity contribution >= 4 is 0 Å². The van der Waals surface area contributed by atoms with Crippen molar-refractivity contribution in [2.75, 3.05) is 0 Å². The van der Waals surface area contributed by atoms with Crippen LogP contribution in [-0.2, 0) is 0 Å². The summed E-state index contributed by atoms with van der Waals surface area (Å²) in [6.45, 7) is 3.62. The minimum atomic E-state index is 0.382. The highest BCUT2D eigenvalue weighted by atomic mass is 15.1. The fourth-order valence-electron chi connectivity index (χ4n) is 0.679. The van der Waals surface area contributed by atoms with Crippen molar-refractivity contribution in [2.24, 2.45) is 0 Å². The molecule has 1 rings (SSSR count). The van der Waals surface area contributed by atoms with Crippen molar-refractivity contribution in [1.82, 2.24) is 10.6 Å². The van der Waals surface area contributed by atoms with Crippen molar-refractivity contribution in [3.63, 3.8) is 0 Å². The smallest absolute Gasteiger partial charge is 0.0991 e. The Morgan fingerprint density at radius 1 is 1.50 bits per heavy atom. The molecule has 0 aliphatic carbocycles. The second-order valence-corrected chi connectivity index (χ2v) is 1.74. The highest BCUT2D eigenvalue weighted by molar-refractivity contribution is 4.93. The third-order valence-corrected chi connectivity index (χ3v) is 1.08. The van der Waals surface area contributed by atoms with Crippen LogP contribution in [0.15, 0.2) is 25.1 Å². The normalized spacial score (nSPS) is 17.5. The van der Waals surface area contributed by atoms with Crippen LogP contribution in [-0.4, -0.2) is 6.17 Å². The Bertz CT molecular complexity index is 99.1. The van der Waals surface area contributed by atoms with E-state index in [1.54, 1.807) is 0 Å². The van der Waals surface area contributed by atoms with E-state index in [1.807, 2.05) is 18.5 Å². The quantitative estimate of drug-likeness (QED) is 0.507. The van der Waals surface area contributed by atoms with Gasteiger partial charge in [-0.2, -0.15) is 0 Å². The van der Waals surface area contributed by atoms with Gasteiger partial charge < -0.3 is 10.6 Å². The van der Waals surface area contributed by atoms with Crippen LogP contribution in [0.3, 0.4) is 0 Å². The van der Waals surface area contributed by atoms with Gasteiger partial charge in [-0.05, 0) is 0 Å². The second kappa shape index (κ2) is 2.40. The molecule has 0 fully saturated rings. The molecule has 1 aliphatic heterocycles. The Hall–Kier alpha value is -0.920. The van der Waals surface area contributed by atoms with Crippen molar-refractivity contribution in [3.8, 4) is 0 Å². The molecule has 44 valence electrons. The molecule has 1 heterocycles. The highest BCUT2D eigenvalue weighted by Gasteiger charge is 2.02. The van der Waals surface area contributed by atoms with Gasteiger partial charge in [0.1, 0.15) is 0 Å². The maximum Gasteiger partial charge on any atom is 0.0991 e. The van der Waals surface area contributed by atoms with Gasteiger partial charge in [-0.15, -0.1) is 6.58 Å². The lowest BCUT2D eigenvalue weighted by atomic mass is 10.3. The lowest BCUT2D eigenvalue weighted by Gasteiger charge is -2.07. The van der Waals surface area contributed by atoms with Gasteiger partial charge in [0.25, 0.3) is 0 Å². The second-order valence-electron chi connectivity index (χ2n) is 1.74. The predicted molar refractivity (Wildman–Crippen MR) is 34.0 cm³/mol. The molecule has 2 N–H and O–H groups in total. The molecule has 0 unspecified atom stereocenters. The molecule has 0 saturated carbocycles. The van der Waals surface area contributed by atoms with Crippen molar-refractivity contribution in [2.45, 2.75) is 12.6 Å². The van der Waals surface area contributed by atoms with E-state index in [-0.39, 0.29) is 0 Å². The highest BCUT2D eigenvalue weighted by Crippen LogP contribution is 1.92. The molecule has 0 radical (unpaired) electrons. The summed E-state index contributed by atoms with van der Waals surface area (Å²) in [5, 5.41) is 6.19. The van der Waals surface area contributed by atoms with Gasteiger partial charge >= 0.3 is 0 Å². The maximum atomic E-state index is 3.62. The summed E-state index contributed by atoms with van der Waals surface area (Å²) < 4.78 is 0. The van der Waals surface area contributed by atoms with Gasteiger partial charge in [0.05, 0.1) is 6.17 Å². The Kier molecular flexibility index (Phi) is 1.57. The van der Waals surface area contributed by atoms with E-state index in [1.165, 1.54) is 0 Å². The van der Waals surface area contributed by atoms with E-state index >= 15 is 0 Å². The van der Waals surface area contributed by atoms with Crippen molar-refractivity contribution in [1.29, 1.82) is 0 Å². The summed E-state index contributed by atoms with van der Waals surface area (Å²) in [5.74, 6) is 0. The summed E-state index contributed by atoms with van der Waals surface area (Å²) >= 11 is 0. The lowest BCUT2D eigenvalue weighted by Crippen LogP contribution is -2.29. The summed E-state index contributed by atoms with van der Waals surface area (Å²) in [7, 11) is 0. The molecule has 0 amide bonds. The molecule has 0 aromatic carbocycles. The van der Waals surface area contributed by atoms with Gasteiger partial charge in [-0.1, -0.05) is 6.08 Å². The van der Waals surface area contributed by atoms with Crippen LogP contribution >= 0.6 is 0 Å². The van der Waals surface area contributed by atoms with Crippen LogP contribution in [0, 0.1) is 0 Å². The average molecular weight is 110 g/mol. The van der Waals surface area contributed by atoms with E-state index in [0.29, 0.717) is 6.17 Å². The SMILES string of the molecule is C=CCC1NC=CN1. The van der Waals surface area contributed by atoms with Gasteiger partial charge in [-0.25, -0.2) is 0 Å². The van der Waals surface area contributed by atoms with E-state index in [9.17, 15) is 0 Å². The van der Waals surface area contributed by atoms with E-state index < -0.39 is 0 Å². The standard InChI is InChI=1S/C6H10N2/c1-2-3-6-7-4-5-8-6/h2,4-8H,1,3H2. The van der Waals surface area contributed by atoms with E-state index in [2.05, 4.69) is 17.2 Å². The molecule has 0 aromatic heterocycles. The minimum Gasteiger partial charge on any atom is -0.370 e. The van der Waals surface area contributed by atoms with Crippen LogP contribution in [0.5, 0.6) is 0 Å². The van der Waals surface area contributed by atoms with Crippen molar-refractivity contribution < 1.29 is 0 Å². The zero-order valence-electron chi connectivity index (χ0n) is 4.72. The van der Waals surface area contributed by atoms with Gasteiger partial charge in [-0.3, -0.25) is 0 Å². The third-order valence-electron chi connectivity index (χ3n) is 1.08. The van der Waals surface area contributed by atoms with Crippen LogP contribution in [0.1, 0.15) is 6.42 Å². The maximum absolute atomic E-state index is 3.62. The van der Waals surface area contributed by atoms with Crippen LogP contribution in [0.25, 0.3) is 0 Å². The molecule has 0 aromatic rings. The number of rotatable bonds is 2. The zero-order chi connectivity index (χ0) is 5.82. The summed E-state index contributed by atoms with van der Waals surface area (Å²) in [4.78, 5) is 0. The largest absolute Gasteiger partial charge is 0.370 e. The van der Waals surface area contributed by atoms with E-state index in [4.69, 9.17) is 0 Å². The molecule has 1 aliphatic rings. The average Bonchev–Trinajstić information content (AvgIpc) is 2.19. The molecule has 0 atom stereocenters. The van der Waals surface area contributed by atoms with Crippen molar-refractivity contribution in [3.05, 3.63) is 25.1 Å². The molecule has 2 nitrogen and oxygen atoms in total. The number of hydrogen-bond donors (Lipinski definition) is 2. The molecule has 0 spiro atoms. The van der Waals surface area contributed by atoms with Gasteiger partial charge in [0.15, 0.2) is 0 Å². The van der Waals surface area contributed by atoms with Crippen LogP contribution in [0.2, 0.25) is 0 Å². The molecule has 0 saturated heterocycles. The topological polar surface area (TPSA) is 24.1 Å². The zero-order valence-corrected chi connectivity index (χ0v) is 4.72. The summed E-state index contributed by atoms with van der Waals surface area (Å²) in [6.07, 6.45) is 7.03. The molecule has 2 heteroatoms. The Morgan fingerprint density at radius 3 is 2.62 bits per heavy atom. The number of hydrogen-bond acceptors (Lipinski definition) is 2.